The number of piperidine rings is 1. The molecule has 0 N–H and O–H groups in total. The molecular weight excluding hydrogens is 352 g/mol. The number of anilines is 1. The minimum atomic E-state index is 0.405. The first-order valence-electron chi connectivity index (χ1n) is 9.79. The van der Waals surface area contributed by atoms with Crippen LogP contribution in [0.4, 0.5) is 5.82 Å². The fourth-order valence-electron chi connectivity index (χ4n) is 3.23. The minimum Gasteiger partial charge on any atom is -0.494 e. The third-order valence-corrected chi connectivity index (χ3v) is 4.84. The normalized spacial score (nSPS) is 15.0. The first kappa shape index (κ1) is 19.9. The molecule has 0 aliphatic carbocycles. The van der Waals surface area contributed by atoms with Crippen molar-refractivity contribution in [1.82, 2.24) is 10.2 Å². The van der Waals surface area contributed by atoms with Crippen molar-refractivity contribution in [2.75, 3.05) is 31.2 Å². The predicted octanol–water partition coefficient (Wildman–Crippen LogP) is 4.01. The van der Waals surface area contributed by atoms with Crippen molar-refractivity contribution in [1.29, 1.82) is 0 Å². The highest BCUT2D eigenvalue weighted by Gasteiger charge is 2.20. The maximum Gasteiger partial charge on any atom is 0.151 e. The van der Waals surface area contributed by atoms with E-state index in [2.05, 4.69) is 32.9 Å². The molecule has 148 valence electrons. The van der Waals surface area contributed by atoms with Gasteiger partial charge in [0.15, 0.2) is 5.82 Å². The third-order valence-electron chi connectivity index (χ3n) is 4.84. The van der Waals surface area contributed by atoms with E-state index in [1.807, 2.05) is 37.3 Å². The van der Waals surface area contributed by atoms with Gasteiger partial charge in [-0.2, -0.15) is 5.10 Å². The zero-order chi connectivity index (χ0) is 19.6. The Morgan fingerprint density at radius 3 is 2.82 bits per heavy atom. The Hall–Kier alpha value is -2.89. The van der Waals surface area contributed by atoms with Gasteiger partial charge in [-0.25, -0.2) is 0 Å². The molecule has 0 amide bonds. The largest absolute Gasteiger partial charge is 0.494 e. The molecule has 1 aliphatic heterocycles. The van der Waals surface area contributed by atoms with Crippen LogP contribution in [0.1, 0.15) is 30.5 Å². The second-order valence-electron chi connectivity index (χ2n) is 6.99. The summed E-state index contributed by atoms with van der Waals surface area (Å²) in [5.74, 6) is 2.53. The van der Waals surface area contributed by atoms with Gasteiger partial charge in [0.2, 0.25) is 0 Å². The van der Waals surface area contributed by atoms with Crippen molar-refractivity contribution < 1.29 is 9.57 Å². The first-order valence-corrected chi connectivity index (χ1v) is 9.79. The third kappa shape index (κ3) is 6.08. The Balaban J connectivity index is 1.39. The molecular formula is C22H28N4O2. The summed E-state index contributed by atoms with van der Waals surface area (Å²) in [4.78, 5) is 7.35. The Morgan fingerprint density at radius 1 is 1.21 bits per heavy atom. The monoisotopic (exact) mass is 380 g/mol. The van der Waals surface area contributed by atoms with Crippen molar-refractivity contribution >= 4 is 12.0 Å². The van der Waals surface area contributed by atoms with E-state index in [-0.39, 0.29) is 0 Å². The molecule has 6 heteroatoms. The SMILES string of the molecule is C=CCO/N=C/c1cccc(OCCC2CCN(c3ccc(C)nn3)CC2)c1. The number of oxime groups is 1. The molecule has 0 spiro atoms. The van der Waals surface area contributed by atoms with Crippen LogP contribution in [0.5, 0.6) is 5.75 Å². The number of aromatic nitrogens is 2. The average Bonchev–Trinajstić information content (AvgIpc) is 2.73. The van der Waals surface area contributed by atoms with Crippen LogP contribution in [0, 0.1) is 12.8 Å². The van der Waals surface area contributed by atoms with E-state index >= 15 is 0 Å². The highest BCUT2D eigenvalue weighted by atomic mass is 16.6. The Morgan fingerprint density at radius 2 is 2.07 bits per heavy atom. The highest BCUT2D eigenvalue weighted by Crippen LogP contribution is 2.24. The fraction of sp³-hybridized carbons (Fsp3) is 0.409. The molecule has 3 rings (SSSR count). The first-order chi connectivity index (χ1) is 13.7. The fourth-order valence-corrected chi connectivity index (χ4v) is 3.23. The summed E-state index contributed by atoms with van der Waals surface area (Å²) in [6, 6.07) is 12.0. The van der Waals surface area contributed by atoms with Crippen molar-refractivity contribution in [2.24, 2.45) is 11.1 Å². The Labute approximate surface area is 166 Å². The summed E-state index contributed by atoms with van der Waals surface area (Å²) in [5.41, 5.74) is 1.91. The molecule has 1 aliphatic rings. The van der Waals surface area contributed by atoms with E-state index in [0.29, 0.717) is 12.5 Å². The number of rotatable bonds is 9. The molecule has 0 saturated carbocycles. The van der Waals surface area contributed by atoms with Crippen LogP contribution >= 0.6 is 0 Å². The van der Waals surface area contributed by atoms with E-state index in [1.165, 1.54) is 0 Å². The van der Waals surface area contributed by atoms with Gasteiger partial charge in [0, 0.05) is 13.1 Å². The molecule has 1 aromatic carbocycles. The summed E-state index contributed by atoms with van der Waals surface area (Å²) < 4.78 is 5.95. The van der Waals surface area contributed by atoms with Gasteiger partial charge in [0.05, 0.1) is 18.5 Å². The maximum atomic E-state index is 5.95. The lowest BCUT2D eigenvalue weighted by Gasteiger charge is -2.32. The number of hydrogen-bond donors (Lipinski definition) is 0. The minimum absolute atomic E-state index is 0.405. The lowest BCUT2D eigenvalue weighted by atomic mass is 9.94. The Bertz CT molecular complexity index is 768. The van der Waals surface area contributed by atoms with E-state index in [9.17, 15) is 0 Å². The smallest absolute Gasteiger partial charge is 0.151 e. The molecule has 1 aromatic heterocycles. The number of benzene rings is 1. The predicted molar refractivity (Wildman–Crippen MR) is 112 cm³/mol. The van der Waals surface area contributed by atoms with Gasteiger partial charge in [0.1, 0.15) is 12.4 Å². The van der Waals surface area contributed by atoms with Crippen molar-refractivity contribution in [3.05, 3.63) is 60.3 Å². The van der Waals surface area contributed by atoms with Crippen LogP contribution < -0.4 is 9.64 Å². The highest BCUT2D eigenvalue weighted by molar-refractivity contribution is 5.79. The average molecular weight is 380 g/mol. The van der Waals surface area contributed by atoms with Gasteiger partial charge in [-0.05, 0) is 61.9 Å². The summed E-state index contributed by atoms with van der Waals surface area (Å²) in [5, 5.41) is 12.4. The molecule has 1 fully saturated rings. The number of nitrogens with zero attached hydrogens (tertiary/aromatic N) is 4. The molecule has 2 heterocycles. The van der Waals surface area contributed by atoms with E-state index < -0.39 is 0 Å². The zero-order valence-electron chi connectivity index (χ0n) is 16.5. The molecule has 0 atom stereocenters. The van der Waals surface area contributed by atoms with Crippen LogP contribution in [0.2, 0.25) is 0 Å². The van der Waals surface area contributed by atoms with Crippen molar-refractivity contribution in [2.45, 2.75) is 26.2 Å². The van der Waals surface area contributed by atoms with Crippen LogP contribution in [0.15, 0.2) is 54.2 Å². The summed E-state index contributed by atoms with van der Waals surface area (Å²) in [7, 11) is 0. The zero-order valence-corrected chi connectivity index (χ0v) is 16.5. The lowest BCUT2D eigenvalue weighted by molar-refractivity contribution is 0.176. The summed E-state index contributed by atoms with van der Waals surface area (Å²) in [6.45, 7) is 8.73. The van der Waals surface area contributed by atoms with Gasteiger partial charge >= 0.3 is 0 Å². The van der Waals surface area contributed by atoms with Crippen LogP contribution in [-0.2, 0) is 4.84 Å². The van der Waals surface area contributed by atoms with Crippen molar-refractivity contribution in [3.8, 4) is 5.75 Å². The quantitative estimate of drug-likeness (QED) is 0.285. The van der Waals surface area contributed by atoms with Crippen molar-refractivity contribution in [3.63, 3.8) is 0 Å². The van der Waals surface area contributed by atoms with Crippen LogP contribution in [0.3, 0.4) is 0 Å². The summed E-state index contributed by atoms with van der Waals surface area (Å²) >= 11 is 0. The number of hydrogen-bond acceptors (Lipinski definition) is 6. The second kappa shape index (κ2) is 10.4. The summed E-state index contributed by atoms with van der Waals surface area (Å²) in [6.07, 6.45) is 6.72. The lowest BCUT2D eigenvalue weighted by Crippen LogP contribution is -2.34. The molecule has 0 bridgehead atoms. The van der Waals surface area contributed by atoms with E-state index in [4.69, 9.17) is 9.57 Å². The maximum absolute atomic E-state index is 5.95. The van der Waals surface area contributed by atoms with Gasteiger partial charge in [0.25, 0.3) is 0 Å². The molecule has 0 radical (unpaired) electrons. The van der Waals surface area contributed by atoms with Gasteiger partial charge in [-0.15, -0.1) is 5.10 Å². The molecule has 2 aromatic rings. The van der Waals surface area contributed by atoms with Gasteiger partial charge in [-0.3, -0.25) is 0 Å². The standard InChI is InChI=1S/C22H28N4O2/c1-3-14-28-23-17-20-5-4-6-21(16-20)27-15-11-19-9-12-26(13-10-19)22-8-7-18(2)24-25-22/h3-8,16-17,19H,1,9-15H2,2H3/b23-17+. The van der Waals surface area contributed by atoms with Crippen LogP contribution in [-0.4, -0.2) is 42.7 Å². The van der Waals surface area contributed by atoms with Gasteiger partial charge in [-0.1, -0.05) is 29.9 Å². The second-order valence-corrected chi connectivity index (χ2v) is 6.99. The van der Waals surface area contributed by atoms with E-state index in [1.54, 1.807) is 12.3 Å². The number of ether oxygens (including phenoxy) is 1. The Kier molecular flexibility index (Phi) is 7.41. The molecule has 6 nitrogen and oxygen atoms in total. The molecule has 28 heavy (non-hydrogen) atoms. The van der Waals surface area contributed by atoms with E-state index in [0.717, 1.165) is 61.8 Å². The van der Waals surface area contributed by atoms with Crippen LogP contribution in [0.25, 0.3) is 0 Å². The topological polar surface area (TPSA) is 59.8 Å². The molecule has 0 unspecified atom stereocenters. The van der Waals surface area contributed by atoms with Gasteiger partial charge < -0.3 is 14.5 Å². The number of aryl methyl sites for hydroxylation is 1. The molecule has 1 saturated heterocycles.